The molecule has 2 heterocycles. The van der Waals surface area contributed by atoms with E-state index in [2.05, 4.69) is 15.3 Å². The van der Waals surface area contributed by atoms with E-state index in [1.807, 2.05) is 6.92 Å². The smallest absolute Gasteiger partial charge is 0.358 e. The van der Waals surface area contributed by atoms with Crippen molar-refractivity contribution >= 4 is 5.97 Å². The van der Waals surface area contributed by atoms with E-state index in [1.54, 1.807) is 24.4 Å². The molecule has 0 amide bonds. The van der Waals surface area contributed by atoms with Gasteiger partial charge in [-0.05, 0) is 18.1 Å². The Balaban J connectivity index is 2.48. The Morgan fingerprint density at radius 1 is 1.47 bits per heavy atom. The number of hydrogen-bond acceptors (Lipinski definition) is 5. The summed E-state index contributed by atoms with van der Waals surface area (Å²) >= 11 is 0. The van der Waals surface area contributed by atoms with E-state index in [0.29, 0.717) is 17.9 Å². The molecule has 2 aromatic heterocycles. The van der Waals surface area contributed by atoms with Gasteiger partial charge in [0.2, 0.25) is 0 Å². The maximum Gasteiger partial charge on any atom is 0.358 e. The van der Waals surface area contributed by atoms with Gasteiger partial charge < -0.3 is 10.2 Å². The third kappa shape index (κ3) is 2.76. The summed E-state index contributed by atoms with van der Waals surface area (Å²) in [6, 6.07) is 5.21. The molecule has 0 aliphatic carbocycles. The van der Waals surface area contributed by atoms with Crippen molar-refractivity contribution < 1.29 is 15.0 Å². The van der Waals surface area contributed by atoms with Gasteiger partial charge in [-0.1, -0.05) is 18.2 Å². The van der Waals surface area contributed by atoms with Crippen molar-refractivity contribution in [1.82, 2.24) is 20.0 Å². The number of rotatable bonds is 5. The summed E-state index contributed by atoms with van der Waals surface area (Å²) in [7, 11) is 0. The standard InChI is InChI=1S/C12H14N4O3/c1-8(7-17)6-16-11(9-4-2-3-5-13-9)10(12(18)19)14-15-16/h2-5,8,17H,6-7H2,1H3,(H,18,19). The monoisotopic (exact) mass is 262 g/mol. The van der Waals surface area contributed by atoms with Gasteiger partial charge in [0.05, 0.1) is 5.69 Å². The number of carboxylic acid groups (broad SMARTS) is 1. The highest BCUT2D eigenvalue weighted by Crippen LogP contribution is 2.20. The number of nitrogens with zero attached hydrogens (tertiary/aromatic N) is 4. The quantitative estimate of drug-likeness (QED) is 0.821. The van der Waals surface area contributed by atoms with E-state index in [9.17, 15) is 4.79 Å². The van der Waals surface area contributed by atoms with Crippen LogP contribution in [-0.2, 0) is 6.54 Å². The van der Waals surface area contributed by atoms with Crippen LogP contribution in [0.5, 0.6) is 0 Å². The van der Waals surface area contributed by atoms with Crippen LogP contribution in [-0.4, -0.2) is 42.8 Å². The largest absolute Gasteiger partial charge is 0.476 e. The molecule has 0 spiro atoms. The van der Waals surface area contributed by atoms with Crippen molar-refractivity contribution in [3.05, 3.63) is 30.1 Å². The van der Waals surface area contributed by atoms with E-state index in [-0.39, 0.29) is 18.2 Å². The zero-order valence-electron chi connectivity index (χ0n) is 10.4. The fourth-order valence-electron chi connectivity index (χ4n) is 1.69. The summed E-state index contributed by atoms with van der Waals surface area (Å²) in [4.78, 5) is 15.3. The molecule has 2 N–H and O–H groups in total. The number of aliphatic hydroxyl groups is 1. The highest BCUT2D eigenvalue weighted by atomic mass is 16.4. The molecule has 0 aliphatic rings. The lowest BCUT2D eigenvalue weighted by atomic mass is 10.1. The summed E-state index contributed by atoms with van der Waals surface area (Å²) < 4.78 is 1.46. The lowest BCUT2D eigenvalue weighted by Crippen LogP contribution is -2.14. The lowest BCUT2D eigenvalue weighted by molar-refractivity contribution is 0.0691. The minimum atomic E-state index is -1.15. The van der Waals surface area contributed by atoms with Gasteiger partial charge in [-0.3, -0.25) is 4.98 Å². The molecule has 0 radical (unpaired) electrons. The Kier molecular flexibility index (Phi) is 3.86. The van der Waals surface area contributed by atoms with Crippen molar-refractivity contribution in [3.63, 3.8) is 0 Å². The second kappa shape index (κ2) is 5.57. The minimum Gasteiger partial charge on any atom is -0.476 e. The zero-order valence-corrected chi connectivity index (χ0v) is 10.4. The normalized spacial score (nSPS) is 12.3. The topological polar surface area (TPSA) is 101 Å². The molecule has 0 saturated heterocycles. The Hall–Kier alpha value is -2.28. The van der Waals surface area contributed by atoms with Gasteiger partial charge in [0.25, 0.3) is 0 Å². The van der Waals surface area contributed by atoms with Crippen LogP contribution in [0.25, 0.3) is 11.4 Å². The van der Waals surface area contributed by atoms with E-state index in [4.69, 9.17) is 10.2 Å². The van der Waals surface area contributed by atoms with E-state index >= 15 is 0 Å². The van der Waals surface area contributed by atoms with Crippen LogP contribution < -0.4 is 0 Å². The third-order valence-electron chi connectivity index (χ3n) is 2.64. The second-order valence-electron chi connectivity index (χ2n) is 4.28. The Morgan fingerprint density at radius 2 is 2.26 bits per heavy atom. The molecule has 100 valence electrons. The molecular formula is C12H14N4O3. The van der Waals surface area contributed by atoms with E-state index < -0.39 is 5.97 Å². The van der Waals surface area contributed by atoms with E-state index in [0.717, 1.165) is 0 Å². The highest BCUT2D eigenvalue weighted by Gasteiger charge is 2.22. The first kappa shape index (κ1) is 13.2. The molecular weight excluding hydrogens is 248 g/mol. The molecule has 7 heteroatoms. The van der Waals surface area contributed by atoms with Crippen LogP contribution in [0.3, 0.4) is 0 Å². The van der Waals surface area contributed by atoms with Crippen LogP contribution in [0, 0.1) is 5.92 Å². The van der Waals surface area contributed by atoms with Crippen molar-refractivity contribution in [3.8, 4) is 11.4 Å². The number of pyridine rings is 1. The first-order valence-corrected chi connectivity index (χ1v) is 5.82. The molecule has 0 aromatic carbocycles. The minimum absolute atomic E-state index is 0.01000. The average molecular weight is 262 g/mol. The molecule has 0 fully saturated rings. The molecule has 7 nitrogen and oxygen atoms in total. The summed E-state index contributed by atoms with van der Waals surface area (Å²) in [5.74, 6) is -1.20. The fraction of sp³-hybridized carbons (Fsp3) is 0.333. The number of aromatic carboxylic acids is 1. The lowest BCUT2D eigenvalue weighted by Gasteiger charge is -2.10. The summed E-state index contributed by atoms with van der Waals surface area (Å²) in [5.41, 5.74) is 0.715. The van der Waals surface area contributed by atoms with Gasteiger partial charge in [0, 0.05) is 19.3 Å². The Bertz CT molecular complexity index is 568. The summed E-state index contributed by atoms with van der Waals surface area (Å²) in [6.07, 6.45) is 1.58. The van der Waals surface area contributed by atoms with Gasteiger partial charge in [0.15, 0.2) is 5.69 Å². The van der Waals surface area contributed by atoms with Crippen molar-refractivity contribution in [1.29, 1.82) is 0 Å². The Morgan fingerprint density at radius 3 is 2.84 bits per heavy atom. The van der Waals surface area contributed by atoms with Gasteiger partial charge >= 0.3 is 5.97 Å². The van der Waals surface area contributed by atoms with Gasteiger partial charge in [-0.25, -0.2) is 9.48 Å². The Labute approximate surface area is 109 Å². The van der Waals surface area contributed by atoms with Gasteiger partial charge in [-0.2, -0.15) is 0 Å². The number of carbonyl (C=O) groups is 1. The summed E-state index contributed by atoms with van der Waals surface area (Å²) in [5, 5.41) is 25.7. The van der Waals surface area contributed by atoms with Crippen molar-refractivity contribution in [2.75, 3.05) is 6.61 Å². The van der Waals surface area contributed by atoms with Gasteiger partial charge in [-0.15, -0.1) is 5.10 Å². The zero-order chi connectivity index (χ0) is 13.8. The maximum atomic E-state index is 11.2. The highest BCUT2D eigenvalue weighted by molar-refractivity contribution is 5.92. The second-order valence-corrected chi connectivity index (χ2v) is 4.28. The molecule has 0 bridgehead atoms. The van der Waals surface area contributed by atoms with Crippen LogP contribution in [0.2, 0.25) is 0 Å². The molecule has 2 aromatic rings. The van der Waals surface area contributed by atoms with Crippen LogP contribution in [0.1, 0.15) is 17.4 Å². The number of carboxylic acids is 1. The van der Waals surface area contributed by atoms with Crippen molar-refractivity contribution in [2.45, 2.75) is 13.5 Å². The molecule has 0 aliphatic heterocycles. The van der Waals surface area contributed by atoms with E-state index in [1.165, 1.54) is 4.68 Å². The molecule has 2 rings (SSSR count). The predicted octanol–water partition coefficient (Wildman–Crippen LogP) is 0.667. The molecule has 1 unspecified atom stereocenters. The molecule has 1 atom stereocenters. The first-order chi connectivity index (χ1) is 9.13. The number of aromatic nitrogens is 4. The third-order valence-corrected chi connectivity index (χ3v) is 2.64. The fourth-order valence-corrected chi connectivity index (χ4v) is 1.69. The van der Waals surface area contributed by atoms with Crippen molar-refractivity contribution in [2.24, 2.45) is 5.92 Å². The molecule has 0 saturated carbocycles. The number of aliphatic hydroxyl groups excluding tert-OH is 1. The first-order valence-electron chi connectivity index (χ1n) is 5.82. The maximum absolute atomic E-state index is 11.2. The summed E-state index contributed by atoms with van der Waals surface area (Å²) in [6.45, 7) is 2.21. The van der Waals surface area contributed by atoms with Crippen LogP contribution in [0.15, 0.2) is 24.4 Å². The van der Waals surface area contributed by atoms with Crippen LogP contribution >= 0.6 is 0 Å². The predicted molar refractivity (Wildman–Crippen MR) is 66.5 cm³/mol. The number of hydrogen-bond donors (Lipinski definition) is 2. The average Bonchev–Trinajstić information content (AvgIpc) is 2.83. The van der Waals surface area contributed by atoms with Crippen LogP contribution in [0.4, 0.5) is 0 Å². The molecule has 19 heavy (non-hydrogen) atoms. The SMILES string of the molecule is CC(CO)Cn1nnc(C(=O)O)c1-c1ccccn1. The van der Waals surface area contributed by atoms with Gasteiger partial charge in [0.1, 0.15) is 5.69 Å².